The molecule has 3 aliphatic rings. The van der Waals surface area contributed by atoms with Crippen molar-refractivity contribution in [1.29, 1.82) is 0 Å². The van der Waals surface area contributed by atoms with E-state index in [-0.39, 0.29) is 11.9 Å². The lowest BCUT2D eigenvalue weighted by Gasteiger charge is -2.27. The zero-order valence-electron chi connectivity index (χ0n) is 16.8. The highest BCUT2D eigenvalue weighted by Crippen LogP contribution is 2.42. The van der Waals surface area contributed by atoms with Gasteiger partial charge in [-0.15, -0.1) is 0 Å². The number of nitrogens with zero attached hydrogens (tertiary/aromatic N) is 6. The van der Waals surface area contributed by atoms with E-state index in [1.807, 2.05) is 6.20 Å². The van der Waals surface area contributed by atoms with Gasteiger partial charge in [-0.25, -0.2) is 9.37 Å². The minimum Gasteiger partial charge on any atom is -0.374 e. The first-order valence-corrected chi connectivity index (χ1v) is 10.7. The molecule has 2 N–H and O–H groups in total. The van der Waals surface area contributed by atoms with Crippen molar-refractivity contribution in [3.8, 4) is 0 Å². The number of benzene rings is 1. The SMILES string of the molecule is Fc1ccc2[nH]c(CNc3nc(N4C[C@@H]5C[C@H]4CO5)nc4c(C5CC5)cnn34)nc2c1. The molecule has 3 fully saturated rings. The lowest BCUT2D eigenvalue weighted by atomic mass is 10.2. The number of imidazole rings is 1. The number of hydrogen-bond donors (Lipinski definition) is 2. The Labute approximate surface area is 176 Å². The van der Waals surface area contributed by atoms with Gasteiger partial charge in [0, 0.05) is 18.2 Å². The van der Waals surface area contributed by atoms with Crippen LogP contribution < -0.4 is 10.2 Å². The molecule has 1 saturated carbocycles. The number of nitrogens with one attached hydrogen (secondary N) is 2. The zero-order chi connectivity index (χ0) is 20.5. The predicted molar refractivity (Wildman–Crippen MR) is 112 cm³/mol. The second-order valence-electron chi connectivity index (χ2n) is 8.65. The molecule has 0 unspecified atom stereocenters. The molecule has 2 saturated heterocycles. The first-order valence-electron chi connectivity index (χ1n) is 10.7. The first kappa shape index (κ1) is 17.4. The third kappa shape index (κ3) is 2.85. The fourth-order valence-corrected chi connectivity index (χ4v) is 4.73. The lowest BCUT2D eigenvalue weighted by Crippen LogP contribution is -2.38. The largest absolute Gasteiger partial charge is 0.374 e. The molecule has 0 radical (unpaired) electrons. The monoisotopic (exact) mass is 420 g/mol. The number of H-pyrrole nitrogens is 1. The van der Waals surface area contributed by atoms with Crippen molar-refractivity contribution in [2.24, 2.45) is 0 Å². The Hall–Kier alpha value is -3.27. The molecule has 2 atom stereocenters. The van der Waals surface area contributed by atoms with Crippen LogP contribution in [-0.2, 0) is 11.3 Å². The quantitative estimate of drug-likeness (QED) is 0.512. The van der Waals surface area contributed by atoms with Gasteiger partial charge in [-0.05, 0) is 37.3 Å². The van der Waals surface area contributed by atoms with Crippen LogP contribution in [0.3, 0.4) is 0 Å². The van der Waals surface area contributed by atoms with Crippen LogP contribution in [-0.4, -0.2) is 54.8 Å². The minimum absolute atomic E-state index is 0.269. The second kappa shape index (κ2) is 6.36. The van der Waals surface area contributed by atoms with Gasteiger partial charge in [-0.1, -0.05) is 0 Å². The van der Waals surface area contributed by atoms with Gasteiger partial charge in [0.2, 0.25) is 11.9 Å². The van der Waals surface area contributed by atoms with Crippen molar-refractivity contribution in [3.63, 3.8) is 0 Å². The smallest absolute Gasteiger partial charge is 0.231 e. The van der Waals surface area contributed by atoms with Gasteiger partial charge in [-0.3, -0.25) is 0 Å². The lowest BCUT2D eigenvalue weighted by molar-refractivity contribution is 0.0986. The number of fused-ring (bicyclic) bond motifs is 4. The Bertz CT molecular complexity index is 1310. The van der Waals surface area contributed by atoms with Gasteiger partial charge in [0.05, 0.1) is 42.5 Å². The van der Waals surface area contributed by atoms with E-state index in [9.17, 15) is 4.39 Å². The summed E-state index contributed by atoms with van der Waals surface area (Å²) < 4.78 is 21.0. The third-order valence-electron chi connectivity index (χ3n) is 6.47. The maximum Gasteiger partial charge on any atom is 0.231 e. The summed E-state index contributed by atoms with van der Waals surface area (Å²) in [5, 5.41) is 7.93. The molecule has 5 heterocycles. The zero-order valence-corrected chi connectivity index (χ0v) is 16.8. The molecule has 2 aliphatic heterocycles. The van der Waals surface area contributed by atoms with Gasteiger partial charge in [-0.2, -0.15) is 19.6 Å². The molecule has 0 spiro atoms. The highest BCUT2D eigenvalue weighted by atomic mass is 19.1. The van der Waals surface area contributed by atoms with Crippen LogP contribution in [0.5, 0.6) is 0 Å². The Morgan fingerprint density at radius 2 is 2.16 bits per heavy atom. The van der Waals surface area contributed by atoms with Crippen LogP contribution in [0.15, 0.2) is 24.4 Å². The van der Waals surface area contributed by atoms with Crippen molar-refractivity contribution in [1.82, 2.24) is 29.5 Å². The summed E-state index contributed by atoms with van der Waals surface area (Å²) in [5.41, 5.74) is 3.46. The van der Waals surface area contributed by atoms with E-state index in [1.165, 1.54) is 30.5 Å². The van der Waals surface area contributed by atoms with Crippen LogP contribution in [0.4, 0.5) is 16.3 Å². The average Bonchev–Trinajstić information content (AvgIpc) is 3.15. The predicted octanol–water partition coefficient (Wildman–Crippen LogP) is 2.61. The molecule has 3 aromatic heterocycles. The Balaban J connectivity index is 1.25. The van der Waals surface area contributed by atoms with E-state index < -0.39 is 0 Å². The molecule has 10 heteroatoms. The van der Waals surface area contributed by atoms with Crippen LogP contribution in [0.2, 0.25) is 0 Å². The molecular weight excluding hydrogens is 399 g/mol. The fraction of sp³-hybridized carbons (Fsp3) is 0.429. The van der Waals surface area contributed by atoms with Gasteiger partial charge >= 0.3 is 0 Å². The maximum atomic E-state index is 13.5. The van der Waals surface area contributed by atoms with Crippen LogP contribution in [0.1, 0.15) is 36.6 Å². The van der Waals surface area contributed by atoms with Gasteiger partial charge in [0.1, 0.15) is 11.6 Å². The molecule has 0 amide bonds. The second-order valence-corrected chi connectivity index (χ2v) is 8.65. The summed E-state index contributed by atoms with van der Waals surface area (Å²) >= 11 is 0. The average molecular weight is 420 g/mol. The van der Waals surface area contributed by atoms with Gasteiger partial charge in [0.15, 0.2) is 5.65 Å². The topological polar surface area (TPSA) is 96.3 Å². The van der Waals surface area contributed by atoms with Gasteiger partial charge in [0.25, 0.3) is 0 Å². The molecule has 7 rings (SSSR count). The summed E-state index contributed by atoms with van der Waals surface area (Å²) in [6, 6.07) is 4.88. The van der Waals surface area contributed by atoms with E-state index in [2.05, 4.69) is 25.3 Å². The van der Waals surface area contributed by atoms with Crippen LogP contribution in [0, 0.1) is 5.82 Å². The summed E-state index contributed by atoms with van der Waals surface area (Å²) in [6.07, 6.45) is 5.58. The maximum absolute atomic E-state index is 13.5. The molecule has 9 nitrogen and oxygen atoms in total. The number of morpholine rings is 1. The van der Waals surface area contributed by atoms with Crippen molar-refractivity contribution in [2.75, 3.05) is 23.4 Å². The molecule has 4 aromatic rings. The summed E-state index contributed by atoms with van der Waals surface area (Å²) in [7, 11) is 0. The van der Waals surface area contributed by atoms with E-state index in [0.717, 1.165) is 36.7 Å². The number of hydrogen-bond acceptors (Lipinski definition) is 7. The van der Waals surface area contributed by atoms with Gasteiger partial charge < -0.3 is 19.9 Å². The number of rotatable bonds is 5. The Morgan fingerprint density at radius 3 is 2.97 bits per heavy atom. The summed E-state index contributed by atoms with van der Waals surface area (Å²) in [6.45, 7) is 1.96. The highest BCUT2D eigenvalue weighted by molar-refractivity contribution is 5.75. The first-order chi connectivity index (χ1) is 15.2. The Kier molecular flexibility index (Phi) is 3.58. The normalized spacial score (nSPS) is 22.8. The van der Waals surface area contributed by atoms with Crippen LogP contribution in [0.25, 0.3) is 16.7 Å². The molecule has 31 heavy (non-hydrogen) atoms. The highest BCUT2D eigenvalue weighted by Gasteiger charge is 2.41. The summed E-state index contributed by atoms with van der Waals surface area (Å²) in [5.74, 6) is 2.30. The third-order valence-corrected chi connectivity index (χ3v) is 6.47. The van der Waals surface area contributed by atoms with E-state index in [0.29, 0.717) is 35.8 Å². The summed E-state index contributed by atoms with van der Waals surface area (Å²) in [4.78, 5) is 19.7. The molecule has 1 aromatic carbocycles. The number of ether oxygens (including phenoxy) is 1. The minimum atomic E-state index is -0.298. The number of aromatic nitrogens is 6. The number of halogens is 1. The Morgan fingerprint density at radius 1 is 1.23 bits per heavy atom. The van der Waals surface area contributed by atoms with Crippen molar-refractivity contribution in [2.45, 2.75) is 43.9 Å². The van der Waals surface area contributed by atoms with E-state index in [1.54, 1.807) is 10.6 Å². The van der Waals surface area contributed by atoms with Crippen molar-refractivity contribution in [3.05, 3.63) is 41.6 Å². The molecule has 2 bridgehead atoms. The van der Waals surface area contributed by atoms with Crippen LogP contribution >= 0.6 is 0 Å². The van der Waals surface area contributed by atoms with E-state index in [4.69, 9.17) is 14.7 Å². The van der Waals surface area contributed by atoms with E-state index >= 15 is 0 Å². The molecule has 1 aliphatic carbocycles. The van der Waals surface area contributed by atoms with Crippen molar-refractivity contribution >= 4 is 28.6 Å². The number of aromatic amines is 1. The molecule has 158 valence electrons. The van der Waals surface area contributed by atoms with Crippen molar-refractivity contribution < 1.29 is 9.13 Å². The standard InChI is InChI=1S/C21H21FN8O/c22-12-3-4-16-17(5-12)26-18(25-16)8-23-20-28-21(29-9-14-6-13(29)10-31-14)27-19-15(11-1-2-11)7-24-30(19)20/h3-5,7,11,13-14H,1-2,6,8-10H2,(H,25,26)(H,23,27,28)/t13-,14-/m0/s1. The number of anilines is 2. The fourth-order valence-electron chi connectivity index (χ4n) is 4.73. The molecular formula is C21H21FN8O.